The Kier molecular flexibility index (Phi) is 6.13. The fourth-order valence-electron chi connectivity index (χ4n) is 3.62. The zero-order chi connectivity index (χ0) is 20.9. The van der Waals surface area contributed by atoms with Crippen LogP contribution >= 0.6 is 11.3 Å². The summed E-state index contributed by atoms with van der Waals surface area (Å²) in [7, 11) is 3.66. The van der Waals surface area contributed by atoms with Gasteiger partial charge in [0.25, 0.3) is 0 Å². The number of H-pyrrole nitrogens is 1. The molecule has 3 heterocycles. The normalized spacial score (nSPS) is 13.8. The van der Waals surface area contributed by atoms with Crippen molar-refractivity contribution in [2.45, 2.75) is 19.5 Å². The van der Waals surface area contributed by atoms with Crippen molar-refractivity contribution in [3.8, 4) is 11.3 Å². The number of aromatic nitrogens is 2. The number of carbonyl (C=O) groups is 1. The van der Waals surface area contributed by atoms with Gasteiger partial charge in [-0.1, -0.05) is 30.3 Å². The highest BCUT2D eigenvalue weighted by atomic mass is 32.1. The molecule has 8 heteroatoms. The van der Waals surface area contributed by atoms with Crippen LogP contribution in [0.4, 0.5) is 0 Å². The van der Waals surface area contributed by atoms with E-state index in [0.29, 0.717) is 19.0 Å². The molecule has 0 fully saturated rings. The minimum absolute atomic E-state index is 0.0887. The van der Waals surface area contributed by atoms with Crippen LogP contribution in [0, 0.1) is 0 Å². The van der Waals surface area contributed by atoms with E-state index in [0.717, 1.165) is 30.0 Å². The van der Waals surface area contributed by atoms with Gasteiger partial charge in [0.1, 0.15) is 5.82 Å². The van der Waals surface area contributed by atoms with E-state index in [9.17, 15) is 4.79 Å². The number of nitrogens with zero attached hydrogens (tertiary/aromatic N) is 4. The van der Waals surface area contributed by atoms with Crippen LogP contribution in [-0.4, -0.2) is 58.8 Å². The maximum atomic E-state index is 12.7. The van der Waals surface area contributed by atoms with Crippen molar-refractivity contribution in [1.29, 1.82) is 0 Å². The van der Waals surface area contributed by atoms with Crippen LogP contribution in [0.1, 0.15) is 16.3 Å². The Hall–Kier alpha value is -3.13. The van der Waals surface area contributed by atoms with Gasteiger partial charge in [-0.15, -0.1) is 11.3 Å². The van der Waals surface area contributed by atoms with Gasteiger partial charge in [0, 0.05) is 32.1 Å². The first-order chi connectivity index (χ1) is 14.6. The number of rotatable bonds is 5. The van der Waals surface area contributed by atoms with Gasteiger partial charge < -0.3 is 20.1 Å². The molecule has 1 aliphatic rings. The molecule has 0 bridgehead atoms. The molecule has 0 atom stereocenters. The number of aliphatic imine (C=N–C) groups is 1. The molecule has 156 valence electrons. The Labute approximate surface area is 180 Å². The third kappa shape index (κ3) is 4.54. The van der Waals surface area contributed by atoms with Crippen molar-refractivity contribution in [3.63, 3.8) is 0 Å². The number of amides is 1. The minimum atomic E-state index is 0.0887. The van der Waals surface area contributed by atoms with Crippen molar-refractivity contribution >= 4 is 23.2 Å². The van der Waals surface area contributed by atoms with E-state index in [2.05, 4.69) is 31.7 Å². The van der Waals surface area contributed by atoms with Gasteiger partial charge in [-0.2, -0.15) is 0 Å². The molecule has 2 aromatic heterocycles. The minimum Gasteiger partial charge on any atom is -0.347 e. The number of benzene rings is 1. The number of nitrogens with one attached hydrogen (secondary N) is 2. The molecule has 4 rings (SSSR count). The number of aromatic amines is 1. The summed E-state index contributed by atoms with van der Waals surface area (Å²) in [5, 5.41) is 5.29. The number of hydrogen-bond donors (Lipinski definition) is 2. The van der Waals surface area contributed by atoms with E-state index < -0.39 is 0 Å². The molecule has 1 amide bonds. The van der Waals surface area contributed by atoms with E-state index >= 15 is 0 Å². The largest absolute Gasteiger partial charge is 0.347 e. The van der Waals surface area contributed by atoms with Crippen LogP contribution in [0.25, 0.3) is 11.3 Å². The zero-order valence-corrected chi connectivity index (χ0v) is 18.1. The molecule has 0 radical (unpaired) electrons. The average molecular weight is 423 g/mol. The van der Waals surface area contributed by atoms with E-state index in [1.54, 1.807) is 18.4 Å². The number of fused-ring (bicyclic) bond motifs is 1. The van der Waals surface area contributed by atoms with Crippen LogP contribution in [-0.2, 0) is 24.3 Å². The van der Waals surface area contributed by atoms with Crippen LogP contribution in [0.5, 0.6) is 0 Å². The van der Waals surface area contributed by atoms with E-state index in [4.69, 9.17) is 0 Å². The fourth-order valence-corrected chi connectivity index (χ4v) is 4.51. The lowest BCUT2D eigenvalue weighted by Crippen LogP contribution is -2.46. The topological polar surface area (TPSA) is 76.6 Å². The number of thiophene rings is 1. The van der Waals surface area contributed by atoms with Gasteiger partial charge in [-0.05, 0) is 29.0 Å². The summed E-state index contributed by atoms with van der Waals surface area (Å²) in [5.74, 6) is 1.59. The lowest BCUT2D eigenvalue weighted by Gasteiger charge is -2.28. The molecule has 0 saturated heterocycles. The quantitative estimate of drug-likeness (QED) is 0.490. The third-order valence-corrected chi connectivity index (χ3v) is 6.25. The monoisotopic (exact) mass is 422 g/mol. The number of guanidine groups is 1. The van der Waals surface area contributed by atoms with Crippen LogP contribution in [0.2, 0.25) is 0 Å². The van der Waals surface area contributed by atoms with Crippen LogP contribution in [0.3, 0.4) is 0 Å². The Morgan fingerprint density at radius 1 is 1.33 bits per heavy atom. The molecule has 1 aliphatic heterocycles. The van der Waals surface area contributed by atoms with Gasteiger partial charge in [-0.25, -0.2) is 4.98 Å². The van der Waals surface area contributed by atoms with E-state index in [-0.39, 0.29) is 12.5 Å². The summed E-state index contributed by atoms with van der Waals surface area (Å²) in [5.41, 5.74) is 3.35. The van der Waals surface area contributed by atoms with Crippen molar-refractivity contribution in [1.82, 2.24) is 25.1 Å². The van der Waals surface area contributed by atoms with Gasteiger partial charge in [-0.3, -0.25) is 9.79 Å². The molecular weight excluding hydrogens is 396 g/mol. The van der Waals surface area contributed by atoms with Gasteiger partial charge in [0.15, 0.2) is 5.96 Å². The van der Waals surface area contributed by atoms with Crippen molar-refractivity contribution in [3.05, 3.63) is 64.2 Å². The number of imidazole rings is 1. The summed E-state index contributed by atoms with van der Waals surface area (Å²) >= 11 is 1.78. The van der Waals surface area contributed by atoms with E-state index in [1.807, 2.05) is 53.4 Å². The number of hydrogen-bond acceptors (Lipinski definition) is 4. The first kappa shape index (κ1) is 20.2. The highest BCUT2D eigenvalue weighted by Gasteiger charge is 2.21. The first-order valence-electron chi connectivity index (χ1n) is 9.98. The van der Waals surface area contributed by atoms with Crippen molar-refractivity contribution < 1.29 is 4.79 Å². The van der Waals surface area contributed by atoms with Gasteiger partial charge >= 0.3 is 0 Å². The summed E-state index contributed by atoms with van der Waals surface area (Å²) < 4.78 is 0. The standard InChI is InChI=1S/C22H26N6OS/c1-23-22(25-13-21(29)28-10-8-19-17(14-28)9-11-30-19)27(2)15-20-24-12-18(26-20)16-6-4-3-5-7-16/h3-7,9,11-12H,8,10,13-15H2,1-2H3,(H,23,25)(H,24,26). The molecule has 0 spiro atoms. The molecule has 2 N–H and O–H groups in total. The van der Waals surface area contributed by atoms with Crippen LogP contribution < -0.4 is 5.32 Å². The maximum Gasteiger partial charge on any atom is 0.242 e. The predicted molar refractivity (Wildman–Crippen MR) is 120 cm³/mol. The summed E-state index contributed by atoms with van der Waals surface area (Å²) in [6.07, 6.45) is 2.78. The Morgan fingerprint density at radius 3 is 2.97 bits per heavy atom. The predicted octanol–water partition coefficient (Wildman–Crippen LogP) is 2.73. The Bertz CT molecular complexity index is 1030. The number of carbonyl (C=O) groups excluding carboxylic acids is 1. The smallest absolute Gasteiger partial charge is 0.242 e. The van der Waals surface area contributed by atoms with E-state index in [1.165, 1.54) is 10.4 Å². The first-order valence-corrected chi connectivity index (χ1v) is 10.9. The SMILES string of the molecule is CN=C(NCC(=O)N1CCc2sccc2C1)N(C)Cc1ncc(-c2ccccc2)[nH]1. The lowest BCUT2D eigenvalue weighted by molar-refractivity contribution is -0.130. The second-order valence-electron chi connectivity index (χ2n) is 7.30. The highest BCUT2D eigenvalue weighted by Crippen LogP contribution is 2.23. The molecule has 1 aromatic carbocycles. The second-order valence-corrected chi connectivity index (χ2v) is 8.30. The van der Waals surface area contributed by atoms with Gasteiger partial charge in [0.05, 0.1) is 25.0 Å². The van der Waals surface area contributed by atoms with Crippen molar-refractivity contribution in [2.75, 3.05) is 27.2 Å². The summed E-state index contributed by atoms with van der Waals surface area (Å²) in [6.45, 7) is 2.26. The van der Waals surface area contributed by atoms with Crippen molar-refractivity contribution in [2.24, 2.45) is 4.99 Å². The van der Waals surface area contributed by atoms with Crippen LogP contribution in [0.15, 0.2) is 53.0 Å². The Morgan fingerprint density at radius 2 is 2.17 bits per heavy atom. The fraction of sp³-hybridized carbons (Fsp3) is 0.318. The maximum absolute atomic E-state index is 12.7. The second kappa shape index (κ2) is 9.13. The highest BCUT2D eigenvalue weighted by molar-refractivity contribution is 7.10. The lowest BCUT2D eigenvalue weighted by atomic mass is 10.1. The molecule has 3 aromatic rings. The molecule has 0 unspecified atom stereocenters. The zero-order valence-electron chi connectivity index (χ0n) is 17.3. The summed E-state index contributed by atoms with van der Waals surface area (Å²) in [6, 6.07) is 12.2. The molecule has 7 nitrogen and oxygen atoms in total. The average Bonchev–Trinajstić information content (AvgIpc) is 3.43. The molecule has 0 aliphatic carbocycles. The summed E-state index contributed by atoms with van der Waals surface area (Å²) in [4.78, 5) is 30.1. The van der Waals surface area contributed by atoms with Gasteiger partial charge in [0.2, 0.25) is 5.91 Å². The molecule has 30 heavy (non-hydrogen) atoms. The third-order valence-electron chi connectivity index (χ3n) is 5.23. The molecule has 0 saturated carbocycles. The molecular formula is C22H26N6OS. The Balaban J connectivity index is 1.31.